The van der Waals surface area contributed by atoms with Crippen LogP contribution in [0, 0.1) is 11.3 Å². The Morgan fingerprint density at radius 2 is 1.96 bits per heavy atom. The first-order chi connectivity index (χ1) is 12.1. The maximum absolute atomic E-state index is 9.48. The molecule has 0 amide bonds. The van der Waals surface area contributed by atoms with Crippen LogP contribution in [0.4, 0.5) is 0 Å². The number of para-hydroxylation sites is 1. The number of allylic oxidation sites excluding steroid dienone is 1. The molecule has 0 unspecified atom stereocenters. The van der Waals surface area contributed by atoms with Crippen LogP contribution in [0.25, 0.3) is 16.3 Å². The Bertz CT molecular complexity index is 959. The molecule has 0 aliphatic rings. The predicted octanol–water partition coefficient (Wildman–Crippen LogP) is 5.62. The molecule has 0 saturated carbocycles. The molecule has 3 rings (SSSR count). The zero-order chi connectivity index (χ0) is 17.8. The van der Waals surface area contributed by atoms with Gasteiger partial charge in [0.25, 0.3) is 0 Å². The molecule has 0 aliphatic carbocycles. The minimum absolute atomic E-state index is 0.482. The lowest BCUT2D eigenvalue weighted by molar-refractivity contribution is 0.355. The first-order valence-electron chi connectivity index (χ1n) is 7.21. The van der Waals surface area contributed by atoms with E-state index in [1.165, 1.54) is 11.8 Å². The number of nitriles is 1. The summed E-state index contributed by atoms with van der Waals surface area (Å²) in [4.78, 5) is 5.03. The fraction of sp³-hybridized carbons (Fsp3) is 0.111. The average molecular weight is 389 g/mol. The van der Waals surface area contributed by atoms with Gasteiger partial charge in [0.15, 0.2) is 15.8 Å². The standard InChI is InChI=1S/C18H13ClN2O2S2/c1-22-15-8-11(13(19)9-16(15)23-2)7-12(10-20)24-18-21-14-5-3-4-6-17(14)25-18/h3-9H,1-2H3. The van der Waals surface area contributed by atoms with Gasteiger partial charge in [-0.05, 0) is 41.6 Å². The second-order valence-corrected chi connectivity index (χ2v) is 7.63. The lowest BCUT2D eigenvalue weighted by atomic mass is 10.2. The van der Waals surface area contributed by atoms with E-state index in [9.17, 15) is 5.26 Å². The van der Waals surface area contributed by atoms with Gasteiger partial charge >= 0.3 is 0 Å². The van der Waals surface area contributed by atoms with Crippen LogP contribution in [-0.4, -0.2) is 19.2 Å². The van der Waals surface area contributed by atoms with Crippen molar-refractivity contribution in [3.8, 4) is 17.6 Å². The second kappa shape index (κ2) is 7.79. The van der Waals surface area contributed by atoms with Gasteiger partial charge in [0.2, 0.25) is 0 Å². The smallest absolute Gasteiger partial charge is 0.162 e. The highest BCUT2D eigenvalue weighted by Gasteiger charge is 2.11. The van der Waals surface area contributed by atoms with Crippen LogP contribution in [-0.2, 0) is 0 Å². The van der Waals surface area contributed by atoms with E-state index in [0.717, 1.165) is 14.6 Å². The molecular formula is C18H13ClN2O2S2. The van der Waals surface area contributed by atoms with Crippen molar-refractivity contribution in [2.75, 3.05) is 14.2 Å². The van der Waals surface area contributed by atoms with Crippen molar-refractivity contribution in [1.29, 1.82) is 5.26 Å². The molecule has 25 heavy (non-hydrogen) atoms. The number of hydrogen-bond donors (Lipinski definition) is 0. The number of thiazole rings is 1. The van der Waals surface area contributed by atoms with E-state index in [0.29, 0.717) is 27.0 Å². The van der Waals surface area contributed by atoms with Gasteiger partial charge in [-0.25, -0.2) is 4.98 Å². The molecule has 0 spiro atoms. The van der Waals surface area contributed by atoms with E-state index in [1.807, 2.05) is 24.3 Å². The number of ether oxygens (including phenoxy) is 2. The fourth-order valence-electron chi connectivity index (χ4n) is 2.20. The minimum atomic E-state index is 0.482. The molecule has 0 N–H and O–H groups in total. The SMILES string of the molecule is COc1cc(Cl)c(C=C(C#N)Sc2nc3ccccc3s2)cc1OC. The van der Waals surface area contributed by atoms with Gasteiger partial charge in [0.1, 0.15) is 6.07 Å². The number of hydrogen-bond acceptors (Lipinski definition) is 6. The Balaban J connectivity index is 1.94. The summed E-state index contributed by atoms with van der Waals surface area (Å²) in [6.07, 6.45) is 1.72. The Labute approximate surface area is 158 Å². The van der Waals surface area contributed by atoms with Crippen LogP contribution in [0.1, 0.15) is 5.56 Å². The lowest BCUT2D eigenvalue weighted by Gasteiger charge is -2.09. The summed E-state index contributed by atoms with van der Waals surface area (Å²) in [5.41, 5.74) is 1.61. The van der Waals surface area contributed by atoms with Crippen LogP contribution in [0.15, 0.2) is 45.6 Å². The fourth-order valence-corrected chi connectivity index (χ4v) is 4.37. The van der Waals surface area contributed by atoms with E-state index >= 15 is 0 Å². The molecule has 7 heteroatoms. The van der Waals surface area contributed by atoms with E-state index in [1.54, 1.807) is 43.8 Å². The van der Waals surface area contributed by atoms with Crippen LogP contribution in [0.3, 0.4) is 0 Å². The van der Waals surface area contributed by atoms with Gasteiger partial charge < -0.3 is 9.47 Å². The van der Waals surface area contributed by atoms with Crippen LogP contribution >= 0.6 is 34.7 Å². The number of nitrogens with zero attached hydrogens (tertiary/aromatic N) is 2. The third-order valence-electron chi connectivity index (χ3n) is 3.37. The summed E-state index contributed by atoms with van der Waals surface area (Å²) in [6.45, 7) is 0. The van der Waals surface area contributed by atoms with Gasteiger partial charge in [-0.1, -0.05) is 23.7 Å². The highest BCUT2D eigenvalue weighted by atomic mass is 35.5. The Hall–Kier alpha value is -2.20. The predicted molar refractivity (Wildman–Crippen MR) is 104 cm³/mol. The van der Waals surface area contributed by atoms with E-state index < -0.39 is 0 Å². The Kier molecular flexibility index (Phi) is 5.49. The molecule has 0 atom stereocenters. The molecule has 3 aromatic rings. The molecule has 126 valence electrons. The first kappa shape index (κ1) is 17.6. The lowest BCUT2D eigenvalue weighted by Crippen LogP contribution is -1.91. The highest BCUT2D eigenvalue weighted by Crippen LogP contribution is 2.37. The van der Waals surface area contributed by atoms with Crippen molar-refractivity contribution in [2.45, 2.75) is 4.34 Å². The molecular weight excluding hydrogens is 376 g/mol. The van der Waals surface area contributed by atoms with Crippen molar-refractivity contribution in [3.63, 3.8) is 0 Å². The summed E-state index contributed by atoms with van der Waals surface area (Å²) < 4.78 is 12.4. The molecule has 1 aromatic heterocycles. The van der Waals surface area contributed by atoms with Gasteiger partial charge in [-0.3, -0.25) is 0 Å². The van der Waals surface area contributed by atoms with Crippen molar-refractivity contribution in [3.05, 3.63) is 51.9 Å². The Morgan fingerprint density at radius 3 is 2.64 bits per heavy atom. The third kappa shape index (κ3) is 3.90. The number of thioether (sulfide) groups is 1. The number of halogens is 1. The molecule has 2 aromatic carbocycles. The van der Waals surface area contributed by atoms with E-state index in [4.69, 9.17) is 21.1 Å². The Morgan fingerprint density at radius 1 is 1.24 bits per heavy atom. The van der Waals surface area contributed by atoms with Gasteiger partial charge in [0.05, 0.1) is 34.4 Å². The third-order valence-corrected chi connectivity index (χ3v) is 5.72. The van der Waals surface area contributed by atoms with E-state index in [2.05, 4.69) is 11.1 Å². The molecule has 0 radical (unpaired) electrons. The largest absolute Gasteiger partial charge is 0.493 e. The number of fused-ring (bicyclic) bond motifs is 1. The quantitative estimate of drug-likeness (QED) is 0.419. The zero-order valence-corrected chi connectivity index (χ0v) is 15.8. The highest BCUT2D eigenvalue weighted by molar-refractivity contribution is 8.05. The zero-order valence-electron chi connectivity index (χ0n) is 13.4. The molecule has 0 bridgehead atoms. The normalized spacial score (nSPS) is 11.4. The molecule has 1 heterocycles. The molecule has 4 nitrogen and oxygen atoms in total. The topological polar surface area (TPSA) is 55.1 Å². The van der Waals surface area contributed by atoms with Gasteiger partial charge in [-0.2, -0.15) is 5.26 Å². The maximum Gasteiger partial charge on any atom is 0.162 e. The van der Waals surface area contributed by atoms with Crippen LogP contribution in [0.5, 0.6) is 11.5 Å². The molecule has 0 fully saturated rings. The number of benzene rings is 2. The summed E-state index contributed by atoms with van der Waals surface area (Å²) in [5, 5.41) is 9.96. The number of aromatic nitrogens is 1. The monoisotopic (exact) mass is 388 g/mol. The number of rotatable bonds is 5. The summed E-state index contributed by atoms with van der Waals surface area (Å²) in [7, 11) is 3.10. The van der Waals surface area contributed by atoms with Crippen molar-refractivity contribution in [2.24, 2.45) is 0 Å². The van der Waals surface area contributed by atoms with Crippen molar-refractivity contribution < 1.29 is 9.47 Å². The van der Waals surface area contributed by atoms with Crippen LogP contribution < -0.4 is 9.47 Å². The molecule has 0 aliphatic heterocycles. The second-order valence-electron chi connectivity index (χ2n) is 4.90. The first-order valence-corrected chi connectivity index (χ1v) is 9.22. The van der Waals surface area contributed by atoms with Crippen molar-refractivity contribution >= 4 is 51.0 Å². The van der Waals surface area contributed by atoms with Gasteiger partial charge in [0, 0.05) is 6.07 Å². The average Bonchev–Trinajstić information content (AvgIpc) is 3.04. The summed E-state index contributed by atoms with van der Waals surface area (Å²) >= 11 is 9.16. The minimum Gasteiger partial charge on any atom is -0.493 e. The number of methoxy groups -OCH3 is 2. The summed E-state index contributed by atoms with van der Waals surface area (Å²) in [6, 6.07) is 13.5. The maximum atomic E-state index is 9.48. The van der Waals surface area contributed by atoms with E-state index in [-0.39, 0.29) is 0 Å². The van der Waals surface area contributed by atoms with Crippen LogP contribution in [0.2, 0.25) is 5.02 Å². The summed E-state index contributed by atoms with van der Waals surface area (Å²) in [5.74, 6) is 1.10. The van der Waals surface area contributed by atoms with Gasteiger partial charge in [-0.15, -0.1) is 11.3 Å². The van der Waals surface area contributed by atoms with Crippen molar-refractivity contribution in [1.82, 2.24) is 4.98 Å². The molecule has 0 saturated heterocycles.